The van der Waals surface area contributed by atoms with Crippen LogP contribution < -0.4 is 0 Å². The Kier molecular flexibility index (Phi) is 5.17. The molecule has 0 fully saturated rings. The normalized spacial score (nSPS) is 11.7. The largest absolute Gasteiger partial charge is 0.480 e. The highest BCUT2D eigenvalue weighted by molar-refractivity contribution is 6.30. The van der Waals surface area contributed by atoms with Gasteiger partial charge in [0.15, 0.2) is 0 Å². The first kappa shape index (κ1) is 15.8. The van der Waals surface area contributed by atoms with Gasteiger partial charge in [-0.1, -0.05) is 11.6 Å². The summed E-state index contributed by atoms with van der Waals surface area (Å²) >= 11 is 5.94. The molecular formula is C14H19ClN4O2. The van der Waals surface area contributed by atoms with Gasteiger partial charge in [0.2, 0.25) is 0 Å². The van der Waals surface area contributed by atoms with Crippen molar-refractivity contribution in [3.05, 3.63) is 35.2 Å². The van der Waals surface area contributed by atoms with Crippen LogP contribution in [-0.4, -0.2) is 64.0 Å². The van der Waals surface area contributed by atoms with Gasteiger partial charge in [0.1, 0.15) is 5.65 Å². The maximum atomic E-state index is 11.0. The molecule has 0 amide bonds. The summed E-state index contributed by atoms with van der Waals surface area (Å²) in [5.74, 6) is -0.833. The Hall–Kier alpha value is -1.63. The molecule has 6 nitrogen and oxygen atoms in total. The van der Waals surface area contributed by atoms with Crippen LogP contribution in [0, 0.1) is 0 Å². The van der Waals surface area contributed by atoms with Crippen LogP contribution in [0.15, 0.2) is 24.5 Å². The molecule has 7 heteroatoms. The van der Waals surface area contributed by atoms with Crippen LogP contribution in [0.1, 0.15) is 5.69 Å². The molecule has 0 saturated heterocycles. The van der Waals surface area contributed by atoms with Crippen molar-refractivity contribution >= 4 is 23.2 Å². The fourth-order valence-corrected chi connectivity index (χ4v) is 2.24. The van der Waals surface area contributed by atoms with E-state index in [1.165, 1.54) is 0 Å². The molecule has 2 aromatic rings. The Morgan fingerprint density at radius 2 is 2.10 bits per heavy atom. The summed E-state index contributed by atoms with van der Waals surface area (Å²) in [6.07, 6.45) is 3.67. The number of carbonyl (C=O) groups is 1. The minimum atomic E-state index is -0.833. The summed E-state index contributed by atoms with van der Waals surface area (Å²) in [5, 5.41) is 9.65. The summed E-state index contributed by atoms with van der Waals surface area (Å²) in [4.78, 5) is 19.3. The van der Waals surface area contributed by atoms with Gasteiger partial charge in [-0.2, -0.15) is 0 Å². The summed E-state index contributed by atoms with van der Waals surface area (Å²) in [7, 11) is 3.93. The number of hydrogen-bond donors (Lipinski definition) is 1. The van der Waals surface area contributed by atoms with Crippen molar-refractivity contribution in [2.24, 2.45) is 0 Å². The SMILES string of the molecule is CN(C)CCN(CC(=O)O)Cc1cn2cc(Cl)ccc2n1. The van der Waals surface area contributed by atoms with Gasteiger partial charge in [0, 0.05) is 32.0 Å². The molecule has 21 heavy (non-hydrogen) atoms. The lowest BCUT2D eigenvalue weighted by Gasteiger charge is -2.21. The van der Waals surface area contributed by atoms with Gasteiger partial charge in [0.25, 0.3) is 0 Å². The number of rotatable bonds is 7. The molecule has 0 unspecified atom stereocenters. The number of carboxylic acids is 1. The second kappa shape index (κ2) is 6.89. The van der Waals surface area contributed by atoms with Crippen molar-refractivity contribution in [2.45, 2.75) is 6.54 Å². The van der Waals surface area contributed by atoms with E-state index in [9.17, 15) is 4.79 Å². The monoisotopic (exact) mass is 310 g/mol. The summed E-state index contributed by atoms with van der Waals surface area (Å²) < 4.78 is 1.85. The highest BCUT2D eigenvalue weighted by Crippen LogP contribution is 2.12. The van der Waals surface area contributed by atoms with E-state index < -0.39 is 5.97 Å². The summed E-state index contributed by atoms with van der Waals surface area (Å²) in [5.41, 5.74) is 1.63. The minimum absolute atomic E-state index is 0.00245. The van der Waals surface area contributed by atoms with E-state index in [0.29, 0.717) is 18.1 Å². The predicted octanol–water partition coefficient (Wildman–Crippen LogP) is 1.44. The van der Waals surface area contributed by atoms with Crippen LogP contribution in [0.4, 0.5) is 0 Å². The summed E-state index contributed by atoms with van der Waals surface area (Å²) in [6, 6.07) is 3.63. The van der Waals surface area contributed by atoms with Crippen molar-refractivity contribution in [2.75, 3.05) is 33.7 Å². The maximum Gasteiger partial charge on any atom is 0.317 e. The van der Waals surface area contributed by atoms with Crippen LogP contribution in [-0.2, 0) is 11.3 Å². The number of likely N-dealkylation sites (N-methyl/N-ethyl adjacent to an activating group) is 1. The van der Waals surface area contributed by atoms with E-state index in [1.807, 2.05) is 40.6 Å². The number of carboxylic acid groups (broad SMARTS) is 1. The maximum absolute atomic E-state index is 11.0. The first-order valence-electron chi connectivity index (χ1n) is 6.66. The lowest BCUT2D eigenvalue weighted by Crippen LogP contribution is -2.35. The van der Waals surface area contributed by atoms with E-state index in [2.05, 4.69) is 4.98 Å². The highest BCUT2D eigenvalue weighted by atomic mass is 35.5. The lowest BCUT2D eigenvalue weighted by molar-refractivity contribution is -0.138. The first-order chi connectivity index (χ1) is 9.94. The summed E-state index contributed by atoms with van der Waals surface area (Å²) in [6.45, 7) is 1.97. The zero-order valence-corrected chi connectivity index (χ0v) is 12.9. The number of nitrogens with zero attached hydrogens (tertiary/aromatic N) is 4. The molecule has 0 radical (unpaired) electrons. The third kappa shape index (κ3) is 4.70. The number of imidazole rings is 1. The van der Waals surface area contributed by atoms with E-state index in [-0.39, 0.29) is 6.54 Å². The van der Waals surface area contributed by atoms with Crippen LogP contribution in [0.2, 0.25) is 5.02 Å². The number of pyridine rings is 1. The molecule has 0 bridgehead atoms. The van der Waals surface area contributed by atoms with Gasteiger partial charge in [-0.15, -0.1) is 0 Å². The molecule has 0 aliphatic carbocycles. The lowest BCUT2D eigenvalue weighted by atomic mass is 10.3. The Morgan fingerprint density at radius 3 is 2.76 bits per heavy atom. The Bertz CT molecular complexity index is 626. The Labute approximate surface area is 128 Å². The zero-order valence-electron chi connectivity index (χ0n) is 12.2. The molecule has 1 N–H and O–H groups in total. The fourth-order valence-electron chi connectivity index (χ4n) is 2.07. The smallest absolute Gasteiger partial charge is 0.317 e. The van der Waals surface area contributed by atoms with Gasteiger partial charge in [-0.25, -0.2) is 4.98 Å². The van der Waals surface area contributed by atoms with Gasteiger partial charge < -0.3 is 14.4 Å². The molecule has 2 rings (SSSR count). The molecule has 0 aliphatic heterocycles. The number of fused-ring (bicyclic) bond motifs is 1. The van der Waals surface area contributed by atoms with Gasteiger partial charge in [-0.05, 0) is 26.2 Å². The van der Waals surface area contributed by atoms with E-state index >= 15 is 0 Å². The standard InChI is InChI=1S/C14H19ClN4O2/c1-17(2)5-6-18(10-14(20)21)8-12-9-19-7-11(15)3-4-13(19)16-12/h3-4,7,9H,5-6,8,10H2,1-2H3,(H,20,21). The van der Waals surface area contributed by atoms with E-state index in [0.717, 1.165) is 17.9 Å². The van der Waals surface area contributed by atoms with Crippen molar-refractivity contribution in [1.82, 2.24) is 19.2 Å². The molecule has 114 valence electrons. The molecule has 0 aliphatic rings. The molecule has 2 aromatic heterocycles. The second-order valence-electron chi connectivity index (χ2n) is 5.25. The highest BCUT2D eigenvalue weighted by Gasteiger charge is 2.13. The second-order valence-corrected chi connectivity index (χ2v) is 5.69. The van der Waals surface area contributed by atoms with E-state index in [4.69, 9.17) is 16.7 Å². The van der Waals surface area contributed by atoms with Crippen molar-refractivity contribution in [1.29, 1.82) is 0 Å². The molecule has 0 aromatic carbocycles. The van der Waals surface area contributed by atoms with Gasteiger partial charge in [-0.3, -0.25) is 9.69 Å². The van der Waals surface area contributed by atoms with Crippen LogP contribution in [0.25, 0.3) is 5.65 Å². The molecule has 0 saturated carbocycles. The van der Waals surface area contributed by atoms with Crippen LogP contribution >= 0.6 is 11.6 Å². The van der Waals surface area contributed by atoms with Crippen molar-refractivity contribution < 1.29 is 9.90 Å². The van der Waals surface area contributed by atoms with Gasteiger partial charge in [0.05, 0.1) is 17.3 Å². The number of aliphatic carboxylic acids is 1. The molecule has 2 heterocycles. The number of hydrogen-bond acceptors (Lipinski definition) is 4. The van der Waals surface area contributed by atoms with Crippen LogP contribution in [0.3, 0.4) is 0 Å². The quantitative estimate of drug-likeness (QED) is 0.838. The molecule has 0 atom stereocenters. The van der Waals surface area contributed by atoms with E-state index in [1.54, 1.807) is 12.3 Å². The van der Waals surface area contributed by atoms with Crippen LogP contribution in [0.5, 0.6) is 0 Å². The Balaban J connectivity index is 2.11. The molecule has 0 spiro atoms. The Morgan fingerprint density at radius 1 is 1.33 bits per heavy atom. The fraction of sp³-hybridized carbons (Fsp3) is 0.429. The minimum Gasteiger partial charge on any atom is -0.480 e. The third-order valence-electron chi connectivity index (χ3n) is 3.07. The van der Waals surface area contributed by atoms with Crippen molar-refractivity contribution in [3.8, 4) is 0 Å². The van der Waals surface area contributed by atoms with Crippen molar-refractivity contribution in [3.63, 3.8) is 0 Å². The predicted molar refractivity (Wildman–Crippen MR) is 81.7 cm³/mol. The topological polar surface area (TPSA) is 61.1 Å². The third-order valence-corrected chi connectivity index (χ3v) is 3.30. The zero-order chi connectivity index (χ0) is 15.4. The first-order valence-corrected chi connectivity index (χ1v) is 7.04. The average Bonchev–Trinajstić information content (AvgIpc) is 2.76. The average molecular weight is 311 g/mol. The van der Waals surface area contributed by atoms with Gasteiger partial charge >= 0.3 is 5.97 Å². The number of aromatic nitrogens is 2. The number of halogens is 1. The molecular weight excluding hydrogens is 292 g/mol.